The fourth-order valence-corrected chi connectivity index (χ4v) is 3.52. The zero-order chi connectivity index (χ0) is 18.1. The first-order valence-corrected chi connectivity index (χ1v) is 8.81. The molecule has 26 heavy (non-hydrogen) atoms. The van der Waals surface area contributed by atoms with Crippen LogP contribution in [0.15, 0.2) is 48.7 Å². The predicted molar refractivity (Wildman–Crippen MR) is 98.9 cm³/mol. The molecular formula is C21H21FN2O2. The van der Waals surface area contributed by atoms with Crippen LogP contribution in [-0.2, 0) is 16.6 Å². The molecular weight excluding hydrogens is 331 g/mol. The third-order valence-electron chi connectivity index (χ3n) is 5.20. The fraction of sp³-hybridized carbons (Fsp3) is 0.286. The Morgan fingerprint density at radius 1 is 1.23 bits per heavy atom. The molecule has 1 aliphatic carbocycles. The van der Waals surface area contributed by atoms with Gasteiger partial charge in [-0.15, -0.1) is 0 Å². The van der Waals surface area contributed by atoms with Crippen molar-refractivity contribution < 1.29 is 13.9 Å². The maximum atomic E-state index is 13.4. The highest BCUT2D eigenvalue weighted by molar-refractivity contribution is 5.97. The molecule has 4 rings (SSSR count). The zero-order valence-electron chi connectivity index (χ0n) is 14.6. The monoisotopic (exact) mass is 352 g/mol. The number of hydrogen-bond donors (Lipinski definition) is 2. The van der Waals surface area contributed by atoms with Crippen molar-refractivity contribution in [3.8, 4) is 5.75 Å². The fourth-order valence-electron chi connectivity index (χ4n) is 3.52. The molecule has 0 saturated heterocycles. The van der Waals surface area contributed by atoms with Gasteiger partial charge in [0.25, 0.3) is 0 Å². The van der Waals surface area contributed by atoms with E-state index < -0.39 is 5.41 Å². The summed E-state index contributed by atoms with van der Waals surface area (Å²) in [6.45, 7) is 0.587. The number of nitrogens with one attached hydrogen (secondary N) is 2. The van der Waals surface area contributed by atoms with Crippen LogP contribution in [0.1, 0.15) is 24.0 Å². The lowest BCUT2D eigenvalue weighted by Crippen LogP contribution is -2.35. The average molecular weight is 352 g/mol. The molecule has 0 unspecified atom stereocenters. The van der Waals surface area contributed by atoms with Crippen LogP contribution >= 0.6 is 0 Å². The number of amides is 1. The van der Waals surface area contributed by atoms with Crippen molar-refractivity contribution in [1.82, 2.24) is 10.3 Å². The number of benzene rings is 2. The maximum absolute atomic E-state index is 13.4. The van der Waals surface area contributed by atoms with E-state index in [1.807, 2.05) is 30.5 Å². The third-order valence-corrected chi connectivity index (χ3v) is 5.20. The van der Waals surface area contributed by atoms with Gasteiger partial charge >= 0.3 is 0 Å². The first-order valence-electron chi connectivity index (χ1n) is 8.81. The molecule has 0 spiro atoms. The third kappa shape index (κ3) is 2.94. The molecule has 0 bridgehead atoms. The van der Waals surface area contributed by atoms with Crippen molar-refractivity contribution in [2.75, 3.05) is 13.7 Å². The van der Waals surface area contributed by atoms with E-state index in [1.165, 1.54) is 12.1 Å². The van der Waals surface area contributed by atoms with Crippen LogP contribution in [0.5, 0.6) is 5.75 Å². The lowest BCUT2D eigenvalue weighted by atomic mass is 9.94. The molecule has 1 saturated carbocycles. The van der Waals surface area contributed by atoms with Gasteiger partial charge in [-0.05, 0) is 60.7 Å². The number of ether oxygens (including phenoxy) is 1. The Morgan fingerprint density at radius 2 is 2.00 bits per heavy atom. The van der Waals surface area contributed by atoms with Crippen molar-refractivity contribution >= 4 is 16.8 Å². The lowest BCUT2D eigenvalue weighted by molar-refractivity contribution is -0.123. The SMILES string of the molecule is COc1ccc(CCNC(=O)C2(c3c[nH]c4cc(F)ccc34)CC2)cc1. The first-order chi connectivity index (χ1) is 12.6. The number of aromatic amines is 1. The minimum absolute atomic E-state index is 0.0521. The maximum Gasteiger partial charge on any atom is 0.230 e. The Balaban J connectivity index is 1.43. The molecule has 3 aromatic rings. The van der Waals surface area contributed by atoms with Crippen LogP contribution in [0, 0.1) is 5.82 Å². The summed E-state index contributed by atoms with van der Waals surface area (Å²) in [5.41, 5.74) is 2.38. The van der Waals surface area contributed by atoms with Crippen LogP contribution in [-0.4, -0.2) is 24.5 Å². The Labute approximate surface area is 151 Å². The van der Waals surface area contributed by atoms with E-state index in [1.54, 1.807) is 13.2 Å². The van der Waals surface area contributed by atoms with Gasteiger partial charge in [0.1, 0.15) is 11.6 Å². The standard InChI is InChI=1S/C21H21FN2O2/c1-26-16-5-2-14(3-6-16)8-11-23-20(25)21(9-10-21)18-13-24-19-12-15(22)4-7-17(18)19/h2-7,12-13,24H,8-11H2,1H3,(H,23,25). The molecule has 2 aromatic carbocycles. The van der Waals surface area contributed by atoms with Gasteiger partial charge < -0.3 is 15.0 Å². The number of carbonyl (C=O) groups is 1. The number of methoxy groups -OCH3 is 1. The summed E-state index contributed by atoms with van der Waals surface area (Å²) in [5, 5.41) is 3.99. The minimum Gasteiger partial charge on any atom is -0.497 e. The van der Waals surface area contributed by atoms with Crippen molar-refractivity contribution in [3.63, 3.8) is 0 Å². The Hall–Kier alpha value is -2.82. The first kappa shape index (κ1) is 16.6. The number of H-pyrrole nitrogens is 1. The average Bonchev–Trinajstić information content (AvgIpc) is 3.36. The molecule has 1 heterocycles. The Kier molecular flexibility index (Phi) is 4.15. The molecule has 1 aromatic heterocycles. The molecule has 2 N–H and O–H groups in total. The predicted octanol–water partition coefficient (Wildman–Crippen LogP) is 3.71. The van der Waals surface area contributed by atoms with Gasteiger partial charge in [0, 0.05) is 23.6 Å². The molecule has 1 amide bonds. The second-order valence-electron chi connectivity index (χ2n) is 6.83. The molecule has 0 aliphatic heterocycles. The smallest absolute Gasteiger partial charge is 0.230 e. The van der Waals surface area contributed by atoms with Gasteiger partial charge in [0.15, 0.2) is 0 Å². The minimum atomic E-state index is -0.476. The summed E-state index contributed by atoms with van der Waals surface area (Å²) in [7, 11) is 1.64. The number of aromatic nitrogens is 1. The van der Waals surface area contributed by atoms with E-state index in [-0.39, 0.29) is 11.7 Å². The van der Waals surface area contributed by atoms with Gasteiger partial charge in [0.2, 0.25) is 5.91 Å². The van der Waals surface area contributed by atoms with Crippen LogP contribution in [0.25, 0.3) is 10.9 Å². The Morgan fingerprint density at radius 3 is 2.69 bits per heavy atom. The van der Waals surface area contributed by atoms with E-state index in [0.717, 1.165) is 47.0 Å². The van der Waals surface area contributed by atoms with Gasteiger partial charge in [-0.25, -0.2) is 4.39 Å². The van der Waals surface area contributed by atoms with Crippen LogP contribution < -0.4 is 10.1 Å². The van der Waals surface area contributed by atoms with E-state index in [9.17, 15) is 9.18 Å². The van der Waals surface area contributed by atoms with Crippen molar-refractivity contribution in [3.05, 3.63) is 65.6 Å². The number of fused-ring (bicyclic) bond motifs is 1. The second-order valence-corrected chi connectivity index (χ2v) is 6.83. The van der Waals surface area contributed by atoms with Crippen molar-refractivity contribution in [1.29, 1.82) is 0 Å². The summed E-state index contributed by atoms with van der Waals surface area (Å²) < 4.78 is 18.5. The number of halogens is 1. The van der Waals surface area contributed by atoms with E-state index in [0.29, 0.717) is 6.54 Å². The number of carbonyl (C=O) groups excluding carboxylic acids is 1. The summed E-state index contributed by atoms with van der Waals surface area (Å²) in [4.78, 5) is 15.9. The highest BCUT2D eigenvalue weighted by Crippen LogP contribution is 2.50. The summed E-state index contributed by atoms with van der Waals surface area (Å²) >= 11 is 0. The zero-order valence-corrected chi connectivity index (χ0v) is 14.6. The molecule has 4 nitrogen and oxygen atoms in total. The molecule has 0 atom stereocenters. The molecule has 134 valence electrons. The molecule has 0 radical (unpaired) electrons. The quantitative estimate of drug-likeness (QED) is 0.711. The highest BCUT2D eigenvalue weighted by atomic mass is 19.1. The van der Waals surface area contributed by atoms with Crippen LogP contribution in [0.4, 0.5) is 4.39 Å². The van der Waals surface area contributed by atoms with E-state index in [2.05, 4.69) is 10.3 Å². The largest absolute Gasteiger partial charge is 0.497 e. The Bertz CT molecular complexity index is 942. The molecule has 1 aliphatic rings. The number of hydrogen-bond acceptors (Lipinski definition) is 2. The molecule has 1 fully saturated rings. The highest BCUT2D eigenvalue weighted by Gasteiger charge is 2.52. The second kappa shape index (κ2) is 6.48. The lowest BCUT2D eigenvalue weighted by Gasteiger charge is -2.15. The van der Waals surface area contributed by atoms with Gasteiger partial charge in [-0.1, -0.05) is 12.1 Å². The summed E-state index contributed by atoms with van der Waals surface area (Å²) in [6.07, 6.45) is 4.27. The molecule has 5 heteroatoms. The van der Waals surface area contributed by atoms with E-state index >= 15 is 0 Å². The van der Waals surface area contributed by atoms with Crippen LogP contribution in [0.3, 0.4) is 0 Å². The van der Waals surface area contributed by atoms with Gasteiger partial charge in [-0.2, -0.15) is 0 Å². The van der Waals surface area contributed by atoms with E-state index in [4.69, 9.17) is 4.74 Å². The van der Waals surface area contributed by atoms with Crippen molar-refractivity contribution in [2.45, 2.75) is 24.7 Å². The van der Waals surface area contributed by atoms with Crippen LogP contribution in [0.2, 0.25) is 0 Å². The normalized spacial score (nSPS) is 15.0. The topological polar surface area (TPSA) is 54.1 Å². The summed E-state index contributed by atoms with van der Waals surface area (Å²) in [6, 6.07) is 12.5. The number of rotatable bonds is 6. The van der Waals surface area contributed by atoms with Gasteiger partial charge in [-0.3, -0.25) is 4.79 Å². The van der Waals surface area contributed by atoms with Crippen molar-refractivity contribution in [2.24, 2.45) is 0 Å². The van der Waals surface area contributed by atoms with Gasteiger partial charge in [0.05, 0.1) is 12.5 Å². The summed E-state index contributed by atoms with van der Waals surface area (Å²) in [5.74, 6) is 0.599.